The number of nitrogens with zero attached hydrogens (tertiary/aromatic N) is 2. The number of hydrogen-bond acceptors (Lipinski definition) is 3. The molecule has 4 atom stereocenters. The van der Waals surface area contributed by atoms with E-state index in [0.29, 0.717) is 19.0 Å². The maximum atomic E-state index is 12.7. The Labute approximate surface area is 199 Å². The molecule has 2 fully saturated rings. The number of carbonyl (C=O) groups is 2. The number of halogens is 2. The van der Waals surface area contributed by atoms with E-state index in [1.165, 1.54) is 10.5 Å². The van der Waals surface area contributed by atoms with E-state index in [-0.39, 0.29) is 59.5 Å². The molecule has 0 aromatic heterocycles. The first-order valence-corrected chi connectivity index (χ1v) is 10.7. The number of allylic oxidation sites excluding steroid dienone is 2. The number of benzene rings is 1. The van der Waals surface area contributed by atoms with Gasteiger partial charge in [-0.3, -0.25) is 19.5 Å². The Morgan fingerprint density at radius 3 is 2.27 bits per heavy atom. The van der Waals surface area contributed by atoms with E-state index in [1.54, 1.807) is 7.05 Å². The van der Waals surface area contributed by atoms with Gasteiger partial charge in [-0.15, -0.1) is 24.0 Å². The van der Waals surface area contributed by atoms with Crippen molar-refractivity contribution >= 4 is 53.4 Å². The summed E-state index contributed by atoms with van der Waals surface area (Å²) in [6.45, 7) is 1.66. The normalized spacial score (nSPS) is 26.7. The topological polar surface area (TPSA) is 73.8 Å². The van der Waals surface area contributed by atoms with Gasteiger partial charge in [-0.25, -0.2) is 0 Å². The molecule has 1 heterocycles. The van der Waals surface area contributed by atoms with Crippen LogP contribution in [0.4, 0.5) is 0 Å². The van der Waals surface area contributed by atoms with Crippen molar-refractivity contribution in [2.45, 2.75) is 19.3 Å². The van der Waals surface area contributed by atoms with Gasteiger partial charge in [-0.1, -0.05) is 35.9 Å². The second-order valence-electron chi connectivity index (χ2n) is 7.98. The highest BCUT2D eigenvalue weighted by atomic mass is 127. The Morgan fingerprint density at radius 2 is 1.67 bits per heavy atom. The van der Waals surface area contributed by atoms with E-state index in [4.69, 9.17) is 11.6 Å². The molecule has 2 bridgehead atoms. The zero-order valence-electron chi connectivity index (χ0n) is 17.0. The minimum Gasteiger partial charge on any atom is -0.356 e. The van der Waals surface area contributed by atoms with E-state index in [0.717, 1.165) is 30.8 Å². The van der Waals surface area contributed by atoms with E-state index in [2.05, 4.69) is 27.8 Å². The molecule has 8 heteroatoms. The van der Waals surface area contributed by atoms with Gasteiger partial charge in [0.1, 0.15) is 0 Å². The van der Waals surface area contributed by atoms with E-state index < -0.39 is 0 Å². The summed E-state index contributed by atoms with van der Waals surface area (Å²) in [5, 5.41) is 7.23. The highest BCUT2D eigenvalue weighted by Gasteiger charge is 2.58. The predicted octanol–water partition coefficient (Wildman–Crippen LogP) is 2.86. The van der Waals surface area contributed by atoms with Crippen molar-refractivity contribution in [1.82, 2.24) is 15.5 Å². The van der Waals surface area contributed by atoms with Crippen LogP contribution in [-0.2, 0) is 16.0 Å². The zero-order valence-corrected chi connectivity index (χ0v) is 20.1. The molecule has 6 nitrogen and oxygen atoms in total. The monoisotopic (exact) mass is 542 g/mol. The number of fused-ring (bicyclic) bond motifs is 5. The number of carbonyl (C=O) groups excluding carboxylic acids is 2. The minimum atomic E-state index is -0.122. The second-order valence-corrected chi connectivity index (χ2v) is 8.42. The molecule has 3 aliphatic rings. The van der Waals surface area contributed by atoms with Crippen LogP contribution in [0.1, 0.15) is 18.4 Å². The van der Waals surface area contributed by atoms with Crippen molar-refractivity contribution in [2.24, 2.45) is 28.7 Å². The van der Waals surface area contributed by atoms with Crippen molar-refractivity contribution in [2.75, 3.05) is 26.7 Å². The highest BCUT2D eigenvalue weighted by molar-refractivity contribution is 14.0. The fraction of sp³-hybridized carbons (Fsp3) is 0.500. The summed E-state index contributed by atoms with van der Waals surface area (Å²) >= 11 is 5.91. The molecule has 1 saturated carbocycles. The lowest BCUT2D eigenvalue weighted by atomic mass is 9.85. The van der Waals surface area contributed by atoms with Gasteiger partial charge in [0.25, 0.3) is 0 Å². The average Bonchev–Trinajstić information content (AvgIpc) is 3.40. The van der Waals surface area contributed by atoms with Crippen molar-refractivity contribution in [3.63, 3.8) is 0 Å². The van der Waals surface area contributed by atoms with Crippen LogP contribution < -0.4 is 10.6 Å². The van der Waals surface area contributed by atoms with Gasteiger partial charge in [0.05, 0.1) is 11.8 Å². The summed E-state index contributed by atoms with van der Waals surface area (Å²) in [6, 6.07) is 7.88. The third-order valence-electron chi connectivity index (χ3n) is 6.26. The van der Waals surface area contributed by atoms with Crippen LogP contribution >= 0.6 is 35.6 Å². The van der Waals surface area contributed by atoms with E-state index in [9.17, 15) is 9.59 Å². The molecule has 1 aromatic rings. The number of hydrogen-bond donors (Lipinski definition) is 2. The van der Waals surface area contributed by atoms with Gasteiger partial charge in [0.15, 0.2) is 5.96 Å². The molecule has 1 saturated heterocycles. The lowest BCUT2D eigenvalue weighted by Gasteiger charge is -2.18. The third kappa shape index (κ3) is 4.66. The highest BCUT2D eigenvalue weighted by Crippen LogP contribution is 2.52. The lowest BCUT2D eigenvalue weighted by Crippen LogP contribution is -2.44. The summed E-state index contributed by atoms with van der Waals surface area (Å²) in [6.07, 6.45) is 7.12. The summed E-state index contributed by atoms with van der Waals surface area (Å²) in [5.74, 6) is 0.964. The molecule has 1 aliphatic heterocycles. The summed E-state index contributed by atoms with van der Waals surface area (Å²) in [4.78, 5) is 31.0. The second kappa shape index (κ2) is 10.1. The Hall–Kier alpha value is -1.61. The Kier molecular flexibility index (Phi) is 7.79. The molecule has 2 amide bonds. The maximum Gasteiger partial charge on any atom is 0.233 e. The number of guanidine groups is 1. The van der Waals surface area contributed by atoms with Gasteiger partial charge in [-0.05, 0) is 48.8 Å². The van der Waals surface area contributed by atoms with Crippen molar-refractivity contribution in [3.8, 4) is 0 Å². The molecule has 1 aromatic carbocycles. The molecule has 2 aliphatic carbocycles. The summed E-state index contributed by atoms with van der Waals surface area (Å²) < 4.78 is 0. The minimum absolute atomic E-state index is 0. The van der Waals surface area contributed by atoms with Crippen LogP contribution in [-0.4, -0.2) is 49.4 Å². The molecular formula is C22H28ClIN4O2. The Balaban J connectivity index is 0.00000256. The van der Waals surface area contributed by atoms with Gasteiger partial charge >= 0.3 is 0 Å². The fourth-order valence-electron chi connectivity index (χ4n) is 4.84. The Bertz CT molecular complexity index is 812. The molecule has 0 radical (unpaired) electrons. The van der Waals surface area contributed by atoms with E-state index >= 15 is 0 Å². The first kappa shape index (κ1) is 23.1. The van der Waals surface area contributed by atoms with Gasteiger partial charge in [0, 0.05) is 31.7 Å². The zero-order chi connectivity index (χ0) is 20.4. The smallest absolute Gasteiger partial charge is 0.233 e. The molecule has 2 N–H and O–H groups in total. The number of aliphatic imine (C=N–C) groups is 1. The van der Waals surface area contributed by atoms with Crippen LogP contribution in [0.25, 0.3) is 0 Å². The number of imide groups is 1. The van der Waals surface area contributed by atoms with E-state index in [1.807, 2.05) is 24.3 Å². The number of likely N-dealkylation sites (tertiary alicyclic amines) is 1. The van der Waals surface area contributed by atoms with Crippen LogP contribution in [0, 0.1) is 23.7 Å². The average molecular weight is 543 g/mol. The SMILES string of the molecule is CN=C(NCCCc1ccc(Cl)cc1)NCCN1C(=O)C2C3C=CC(C3)C2C1=O.I. The van der Waals surface area contributed by atoms with Gasteiger partial charge < -0.3 is 10.6 Å². The quantitative estimate of drug-likeness (QED) is 0.139. The Morgan fingerprint density at radius 1 is 1.07 bits per heavy atom. The standard InChI is InChI=1S/C22H27ClN4O2.HI/c1-24-22(25-10-2-3-14-4-8-17(23)9-5-14)26-11-12-27-20(28)18-15-6-7-16(13-15)19(18)21(27)29;/h4-9,15-16,18-19H,2-3,10-13H2,1H3,(H2,24,25,26);1H. The first-order valence-electron chi connectivity index (χ1n) is 10.3. The molecule has 30 heavy (non-hydrogen) atoms. The van der Waals surface area contributed by atoms with Crippen LogP contribution in [0.15, 0.2) is 41.4 Å². The third-order valence-corrected chi connectivity index (χ3v) is 6.51. The fourth-order valence-corrected chi connectivity index (χ4v) is 4.97. The molecular weight excluding hydrogens is 515 g/mol. The lowest BCUT2D eigenvalue weighted by molar-refractivity contribution is -0.140. The van der Waals surface area contributed by atoms with Crippen LogP contribution in [0.5, 0.6) is 0 Å². The summed E-state index contributed by atoms with van der Waals surface area (Å²) in [5.41, 5.74) is 1.25. The molecule has 162 valence electrons. The number of rotatable bonds is 7. The maximum absolute atomic E-state index is 12.7. The number of amides is 2. The van der Waals surface area contributed by atoms with Crippen molar-refractivity contribution in [3.05, 3.63) is 47.0 Å². The van der Waals surface area contributed by atoms with Crippen molar-refractivity contribution in [1.29, 1.82) is 0 Å². The predicted molar refractivity (Wildman–Crippen MR) is 129 cm³/mol. The van der Waals surface area contributed by atoms with Crippen molar-refractivity contribution < 1.29 is 9.59 Å². The largest absolute Gasteiger partial charge is 0.356 e. The van der Waals surface area contributed by atoms with Gasteiger partial charge in [-0.2, -0.15) is 0 Å². The molecule has 4 rings (SSSR count). The van der Waals surface area contributed by atoms with Gasteiger partial charge in [0.2, 0.25) is 11.8 Å². The molecule has 4 unspecified atom stereocenters. The number of nitrogens with one attached hydrogen (secondary N) is 2. The van der Waals surface area contributed by atoms with Crippen LogP contribution in [0.2, 0.25) is 5.02 Å². The number of aryl methyl sites for hydroxylation is 1. The summed E-state index contributed by atoms with van der Waals surface area (Å²) in [7, 11) is 1.72. The molecule has 0 spiro atoms. The van der Waals surface area contributed by atoms with Crippen LogP contribution in [0.3, 0.4) is 0 Å². The first-order chi connectivity index (χ1) is 14.1.